The zero-order valence-corrected chi connectivity index (χ0v) is 23.5. The number of ether oxygens (including phenoxy) is 4. The first kappa shape index (κ1) is 32.8. The van der Waals surface area contributed by atoms with Gasteiger partial charge in [0.2, 0.25) is 11.8 Å². The molecule has 0 fully saturated rings. The molecule has 8 nitrogen and oxygen atoms in total. The summed E-state index contributed by atoms with van der Waals surface area (Å²) in [6.07, 6.45) is 3.25. The third kappa shape index (κ3) is 17.2. The fourth-order valence-corrected chi connectivity index (χ4v) is 3.24. The maximum Gasteiger partial charge on any atom is 0.220 e. The van der Waals surface area contributed by atoms with Crippen LogP contribution in [0.5, 0.6) is 0 Å². The van der Waals surface area contributed by atoms with Gasteiger partial charge in [0.15, 0.2) is 0 Å². The number of hydrogen-bond acceptors (Lipinski definition) is 6. The lowest BCUT2D eigenvalue weighted by atomic mass is 9.99. The van der Waals surface area contributed by atoms with Crippen molar-refractivity contribution < 1.29 is 28.5 Å². The summed E-state index contributed by atoms with van der Waals surface area (Å²) in [4.78, 5) is 24.8. The van der Waals surface area contributed by atoms with E-state index in [2.05, 4.69) is 10.6 Å². The number of carbonyl (C=O) groups excluding carboxylic acids is 2. The van der Waals surface area contributed by atoms with Crippen LogP contribution in [0, 0.1) is 0 Å². The van der Waals surface area contributed by atoms with Gasteiger partial charge in [0.1, 0.15) is 0 Å². The lowest BCUT2D eigenvalue weighted by Gasteiger charge is -2.31. The summed E-state index contributed by atoms with van der Waals surface area (Å²) in [6.45, 7) is 18.3. The third-order valence-corrected chi connectivity index (χ3v) is 5.79. The molecule has 0 radical (unpaired) electrons. The molecule has 0 saturated heterocycles. The van der Waals surface area contributed by atoms with Crippen molar-refractivity contribution in [3.8, 4) is 0 Å². The van der Waals surface area contributed by atoms with Crippen molar-refractivity contribution in [2.24, 2.45) is 0 Å². The summed E-state index contributed by atoms with van der Waals surface area (Å²) in [5.74, 6) is -0.278. The molecule has 0 aliphatic rings. The molecule has 0 aromatic rings. The van der Waals surface area contributed by atoms with Crippen LogP contribution < -0.4 is 10.6 Å². The van der Waals surface area contributed by atoms with Gasteiger partial charge in [-0.05, 0) is 81.1 Å². The molecule has 0 aromatic heterocycles. The molecular formula is C26H52N2O6. The second kappa shape index (κ2) is 15.0. The maximum absolute atomic E-state index is 12.4. The van der Waals surface area contributed by atoms with Gasteiger partial charge in [-0.2, -0.15) is 0 Å². The summed E-state index contributed by atoms with van der Waals surface area (Å²) < 4.78 is 22.2. The smallest absolute Gasteiger partial charge is 0.220 e. The van der Waals surface area contributed by atoms with Crippen LogP contribution in [0.1, 0.15) is 93.9 Å². The summed E-state index contributed by atoms with van der Waals surface area (Å²) in [5, 5.41) is 6.04. The summed E-state index contributed by atoms with van der Waals surface area (Å²) in [5.41, 5.74) is -1.38. The van der Waals surface area contributed by atoms with Gasteiger partial charge in [0.05, 0.1) is 11.2 Å². The van der Waals surface area contributed by atoms with Gasteiger partial charge in [0, 0.05) is 64.6 Å². The maximum atomic E-state index is 12.4. The van der Waals surface area contributed by atoms with Gasteiger partial charge in [-0.25, -0.2) is 0 Å². The molecule has 34 heavy (non-hydrogen) atoms. The van der Waals surface area contributed by atoms with Crippen LogP contribution in [0.4, 0.5) is 0 Å². The molecular weight excluding hydrogens is 436 g/mol. The number of methoxy groups -OCH3 is 2. The van der Waals surface area contributed by atoms with Crippen LogP contribution in [0.2, 0.25) is 0 Å². The first-order valence-corrected chi connectivity index (χ1v) is 12.4. The minimum atomic E-state index is -0.420. The predicted octanol–water partition coefficient (Wildman–Crippen LogP) is 4.00. The van der Waals surface area contributed by atoms with Crippen LogP contribution in [0.25, 0.3) is 0 Å². The van der Waals surface area contributed by atoms with E-state index in [1.165, 1.54) is 0 Å². The fourth-order valence-electron chi connectivity index (χ4n) is 3.24. The zero-order valence-electron chi connectivity index (χ0n) is 23.5. The molecule has 0 aliphatic heterocycles. The Morgan fingerprint density at radius 2 is 0.882 bits per heavy atom. The first-order valence-electron chi connectivity index (χ1n) is 12.4. The Kier molecular flexibility index (Phi) is 14.5. The van der Waals surface area contributed by atoms with Crippen molar-refractivity contribution in [1.29, 1.82) is 0 Å². The van der Waals surface area contributed by atoms with Crippen molar-refractivity contribution in [2.75, 3.05) is 40.6 Å². The lowest BCUT2D eigenvalue weighted by Crippen LogP contribution is -2.46. The Bertz CT molecular complexity index is 550. The molecule has 0 spiro atoms. The molecule has 0 heterocycles. The van der Waals surface area contributed by atoms with E-state index in [0.717, 1.165) is 12.8 Å². The Balaban J connectivity index is 4.31. The van der Waals surface area contributed by atoms with E-state index in [1.807, 2.05) is 55.4 Å². The highest BCUT2D eigenvalue weighted by Gasteiger charge is 2.26. The summed E-state index contributed by atoms with van der Waals surface area (Å²) in [7, 11) is 3.35. The monoisotopic (exact) mass is 488 g/mol. The summed E-state index contributed by atoms with van der Waals surface area (Å²) >= 11 is 0. The molecule has 0 aliphatic carbocycles. The SMILES string of the molecule is COCCC(C)(C)OCCC(C)(C)NC(=O)CCC(=O)NC(C)(C)CCOC(C)(C)CCOC. The van der Waals surface area contributed by atoms with Crippen LogP contribution >= 0.6 is 0 Å². The fraction of sp³-hybridized carbons (Fsp3) is 0.923. The van der Waals surface area contributed by atoms with Gasteiger partial charge < -0.3 is 29.6 Å². The molecule has 0 rings (SSSR count). The Labute approximate surface area is 208 Å². The van der Waals surface area contributed by atoms with Crippen LogP contribution in [0.3, 0.4) is 0 Å². The molecule has 0 saturated carbocycles. The van der Waals surface area contributed by atoms with Gasteiger partial charge in [-0.3, -0.25) is 9.59 Å². The van der Waals surface area contributed by atoms with Crippen LogP contribution in [0.15, 0.2) is 0 Å². The van der Waals surface area contributed by atoms with E-state index in [0.29, 0.717) is 39.3 Å². The minimum absolute atomic E-state index is 0.139. The third-order valence-electron chi connectivity index (χ3n) is 5.79. The average molecular weight is 489 g/mol. The Morgan fingerprint density at radius 3 is 1.18 bits per heavy atom. The van der Waals surface area contributed by atoms with Crippen molar-refractivity contribution in [2.45, 2.75) is 116 Å². The van der Waals surface area contributed by atoms with Crippen LogP contribution in [-0.4, -0.2) is 74.7 Å². The zero-order chi connectivity index (χ0) is 26.5. The van der Waals surface area contributed by atoms with E-state index in [1.54, 1.807) is 14.2 Å². The van der Waals surface area contributed by atoms with E-state index in [9.17, 15) is 9.59 Å². The van der Waals surface area contributed by atoms with Gasteiger partial charge in [0.25, 0.3) is 0 Å². The van der Waals surface area contributed by atoms with Crippen molar-refractivity contribution in [3.05, 3.63) is 0 Å². The standard InChI is InChI=1S/C26H52N2O6/c1-23(2,13-19-33-25(5,6)15-17-31-9)27-21(29)11-12-22(30)28-24(3,4)14-20-34-26(7,8)16-18-32-10/h11-20H2,1-10H3,(H,27,29)(H,28,30). The van der Waals surface area contributed by atoms with E-state index >= 15 is 0 Å². The van der Waals surface area contributed by atoms with Gasteiger partial charge >= 0.3 is 0 Å². The van der Waals surface area contributed by atoms with Gasteiger partial charge in [-0.15, -0.1) is 0 Å². The topological polar surface area (TPSA) is 95.1 Å². The molecule has 0 bridgehead atoms. The lowest BCUT2D eigenvalue weighted by molar-refractivity contribution is -0.128. The van der Waals surface area contributed by atoms with Crippen molar-refractivity contribution in [3.63, 3.8) is 0 Å². The molecule has 8 heteroatoms. The number of amides is 2. The first-order chi connectivity index (χ1) is 15.5. The number of nitrogens with one attached hydrogen (secondary N) is 2. The van der Waals surface area contributed by atoms with Crippen molar-refractivity contribution >= 4 is 11.8 Å². The molecule has 0 unspecified atom stereocenters. The second-order valence-corrected chi connectivity index (χ2v) is 11.6. The van der Waals surface area contributed by atoms with Crippen LogP contribution in [-0.2, 0) is 28.5 Å². The quantitative estimate of drug-likeness (QED) is 0.285. The molecule has 0 aromatic carbocycles. The number of carbonyl (C=O) groups is 2. The highest BCUT2D eigenvalue weighted by molar-refractivity contribution is 5.84. The Morgan fingerprint density at radius 1 is 0.559 bits per heavy atom. The highest BCUT2D eigenvalue weighted by atomic mass is 16.5. The van der Waals surface area contributed by atoms with E-state index in [4.69, 9.17) is 18.9 Å². The van der Waals surface area contributed by atoms with E-state index in [-0.39, 0.29) is 35.9 Å². The number of hydrogen-bond donors (Lipinski definition) is 2. The predicted molar refractivity (Wildman–Crippen MR) is 136 cm³/mol. The Hall–Kier alpha value is -1.22. The second-order valence-electron chi connectivity index (χ2n) is 11.6. The minimum Gasteiger partial charge on any atom is -0.385 e. The average Bonchev–Trinajstić information content (AvgIpc) is 2.68. The molecule has 2 N–H and O–H groups in total. The molecule has 2 amide bonds. The highest BCUT2D eigenvalue weighted by Crippen LogP contribution is 2.19. The normalized spacial score (nSPS) is 13.1. The van der Waals surface area contributed by atoms with Crippen molar-refractivity contribution in [1.82, 2.24) is 10.6 Å². The number of rotatable bonds is 19. The largest absolute Gasteiger partial charge is 0.385 e. The summed E-state index contributed by atoms with van der Waals surface area (Å²) in [6, 6.07) is 0. The van der Waals surface area contributed by atoms with E-state index < -0.39 is 11.1 Å². The molecule has 0 atom stereocenters. The molecule has 202 valence electrons. The van der Waals surface area contributed by atoms with Gasteiger partial charge in [-0.1, -0.05) is 0 Å².